The zero-order valence-corrected chi connectivity index (χ0v) is 9.16. The fraction of sp³-hybridized carbons (Fsp3) is 0.400. The molecule has 1 aliphatic rings. The first-order valence-electron chi connectivity index (χ1n) is 4.53. The number of hydrogen-bond donors (Lipinski definition) is 0. The Bertz CT molecular complexity index is 372. The summed E-state index contributed by atoms with van der Waals surface area (Å²) in [4.78, 5) is 0. The van der Waals surface area contributed by atoms with Gasteiger partial charge < -0.3 is 4.52 Å². The van der Waals surface area contributed by atoms with E-state index in [0.29, 0.717) is 11.9 Å². The van der Waals surface area contributed by atoms with Gasteiger partial charge in [-0.3, -0.25) is 9.09 Å². The van der Waals surface area contributed by atoms with Crippen molar-refractivity contribution in [3.8, 4) is 0 Å². The molecule has 2 rings (SSSR count). The van der Waals surface area contributed by atoms with E-state index in [-0.39, 0.29) is 0 Å². The second-order valence-corrected chi connectivity index (χ2v) is 5.91. The first-order valence-corrected chi connectivity index (χ1v) is 6.07. The highest BCUT2D eigenvalue weighted by Crippen LogP contribution is 2.55. The van der Waals surface area contributed by atoms with Crippen LogP contribution in [0.15, 0.2) is 30.3 Å². The molecule has 4 heteroatoms. The Balaban J connectivity index is 2.33. The molecule has 3 nitrogen and oxygen atoms in total. The third kappa shape index (κ3) is 1.76. The molecule has 0 saturated carbocycles. The fourth-order valence-corrected chi connectivity index (χ4v) is 3.38. The van der Waals surface area contributed by atoms with Gasteiger partial charge in [0.15, 0.2) is 0 Å². The Kier molecular flexibility index (Phi) is 2.26. The minimum atomic E-state index is -3.04. The van der Waals surface area contributed by atoms with Gasteiger partial charge in [-0.2, -0.15) is 0 Å². The minimum Gasteiger partial charge on any atom is -0.302 e. The minimum absolute atomic E-state index is 0.374. The van der Waals surface area contributed by atoms with Crippen LogP contribution in [0.25, 0.3) is 0 Å². The maximum Gasteiger partial charge on any atom is 0.362 e. The van der Waals surface area contributed by atoms with Crippen LogP contribution in [0.5, 0.6) is 0 Å². The molecule has 1 saturated heterocycles. The fourth-order valence-electron chi connectivity index (χ4n) is 1.36. The summed E-state index contributed by atoms with van der Waals surface area (Å²) in [5.74, 6) is 0. The molecule has 1 atom stereocenters. The van der Waals surface area contributed by atoms with E-state index in [9.17, 15) is 4.57 Å². The van der Waals surface area contributed by atoms with Gasteiger partial charge in [0.25, 0.3) is 0 Å². The van der Waals surface area contributed by atoms with E-state index in [0.717, 1.165) is 0 Å². The molecule has 0 N–H and O–H groups in total. The molecular weight excluding hydrogens is 199 g/mol. The lowest BCUT2D eigenvalue weighted by Crippen LogP contribution is -2.21. The van der Waals surface area contributed by atoms with Gasteiger partial charge in [-0.25, -0.2) is 0 Å². The van der Waals surface area contributed by atoms with Gasteiger partial charge >= 0.3 is 7.60 Å². The highest BCUT2D eigenvalue weighted by Gasteiger charge is 2.43. The monoisotopic (exact) mass is 212 g/mol. The van der Waals surface area contributed by atoms with Crippen molar-refractivity contribution in [2.75, 3.05) is 6.61 Å². The summed E-state index contributed by atoms with van der Waals surface area (Å²) >= 11 is 0. The quantitative estimate of drug-likeness (QED) is 0.670. The average Bonchev–Trinajstić information content (AvgIpc) is 2.44. The van der Waals surface area contributed by atoms with Gasteiger partial charge in [0.05, 0.1) is 17.5 Å². The predicted octanol–water partition coefficient (Wildman–Crippen LogP) is 2.33. The highest BCUT2D eigenvalue weighted by molar-refractivity contribution is 7.62. The molecule has 0 radical (unpaired) electrons. The number of hydrogen-bond acceptors (Lipinski definition) is 3. The van der Waals surface area contributed by atoms with E-state index in [4.69, 9.17) is 9.05 Å². The predicted molar refractivity (Wildman–Crippen MR) is 54.8 cm³/mol. The molecule has 1 aromatic rings. The topological polar surface area (TPSA) is 35.5 Å². The summed E-state index contributed by atoms with van der Waals surface area (Å²) in [7, 11) is -3.04. The van der Waals surface area contributed by atoms with Crippen LogP contribution < -0.4 is 5.30 Å². The Morgan fingerprint density at radius 1 is 1.29 bits per heavy atom. The third-order valence-corrected chi connectivity index (χ3v) is 4.16. The van der Waals surface area contributed by atoms with Gasteiger partial charge in [-0.05, 0) is 26.0 Å². The van der Waals surface area contributed by atoms with Crippen molar-refractivity contribution in [2.24, 2.45) is 0 Å². The summed E-state index contributed by atoms with van der Waals surface area (Å²) < 4.78 is 22.9. The van der Waals surface area contributed by atoms with Crippen molar-refractivity contribution in [3.05, 3.63) is 30.3 Å². The van der Waals surface area contributed by atoms with Crippen LogP contribution in [0.4, 0.5) is 0 Å². The largest absolute Gasteiger partial charge is 0.362 e. The van der Waals surface area contributed by atoms with E-state index in [2.05, 4.69) is 0 Å². The van der Waals surface area contributed by atoms with Crippen LogP contribution in [0.1, 0.15) is 13.8 Å². The normalized spacial score (nSPS) is 30.4. The first-order chi connectivity index (χ1) is 6.52. The van der Waals surface area contributed by atoms with Crippen LogP contribution in [-0.4, -0.2) is 12.2 Å². The highest BCUT2D eigenvalue weighted by atomic mass is 31.2. The lowest BCUT2D eigenvalue weighted by atomic mass is 10.2. The molecule has 1 fully saturated rings. The molecular formula is C10H13O3P. The van der Waals surface area contributed by atoms with Crippen LogP contribution in [0, 0.1) is 0 Å². The van der Waals surface area contributed by atoms with Gasteiger partial charge in [-0.1, -0.05) is 18.2 Å². The zero-order valence-electron chi connectivity index (χ0n) is 8.27. The van der Waals surface area contributed by atoms with Crippen LogP contribution in [0.2, 0.25) is 0 Å². The lowest BCUT2D eigenvalue weighted by molar-refractivity contribution is 0.139. The standard InChI is InChI=1S/C10H13O3P/c1-10(2)8-12-14(11,13-10)9-6-4-3-5-7-9/h3-7H,8H2,1-2H3. The molecule has 0 amide bonds. The number of rotatable bonds is 1. The van der Waals surface area contributed by atoms with Crippen LogP contribution in [-0.2, 0) is 13.6 Å². The van der Waals surface area contributed by atoms with Crippen molar-refractivity contribution < 1.29 is 13.6 Å². The van der Waals surface area contributed by atoms with Gasteiger partial charge in [0.1, 0.15) is 0 Å². The van der Waals surface area contributed by atoms with Crippen LogP contribution in [0.3, 0.4) is 0 Å². The smallest absolute Gasteiger partial charge is 0.302 e. The molecule has 0 aromatic heterocycles. The van der Waals surface area contributed by atoms with Crippen LogP contribution >= 0.6 is 7.60 Å². The van der Waals surface area contributed by atoms with Crippen molar-refractivity contribution in [1.82, 2.24) is 0 Å². The Morgan fingerprint density at radius 2 is 1.93 bits per heavy atom. The molecule has 1 heterocycles. The number of benzene rings is 1. The summed E-state index contributed by atoms with van der Waals surface area (Å²) in [6, 6.07) is 9.06. The van der Waals surface area contributed by atoms with E-state index in [1.54, 1.807) is 12.1 Å². The molecule has 0 bridgehead atoms. The maximum atomic E-state index is 12.2. The van der Waals surface area contributed by atoms with Gasteiger partial charge in [0.2, 0.25) is 0 Å². The SMILES string of the molecule is CC1(C)COP(=O)(c2ccccc2)O1. The Morgan fingerprint density at radius 3 is 2.43 bits per heavy atom. The lowest BCUT2D eigenvalue weighted by Gasteiger charge is -2.15. The van der Waals surface area contributed by atoms with E-state index in [1.807, 2.05) is 32.0 Å². The van der Waals surface area contributed by atoms with Crippen molar-refractivity contribution in [1.29, 1.82) is 0 Å². The first kappa shape index (κ1) is 9.91. The molecule has 1 aromatic carbocycles. The van der Waals surface area contributed by atoms with Crippen molar-refractivity contribution >= 4 is 12.9 Å². The molecule has 1 aliphatic heterocycles. The maximum absolute atomic E-state index is 12.2. The van der Waals surface area contributed by atoms with Gasteiger partial charge in [-0.15, -0.1) is 0 Å². The zero-order chi connectivity index (χ0) is 10.2. The van der Waals surface area contributed by atoms with Crippen molar-refractivity contribution in [3.63, 3.8) is 0 Å². The molecule has 14 heavy (non-hydrogen) atoms. The van der Waals surface area contributed by atoms with E-state index < -0.39 is 13.2 Å². The summed E-state index contributed by atoms with van der Waals surface area (Å²) in [5, 5.41) is 0.630. The molecule has 0 spiro atoms. The Labute approximate surface area is 83.6 Å². The van der Waals surface area contributed by atoms with Crippen molar-refractivity contribution in [2.45, 2.75) is 19.4 Å². The van der Waals surface area contributed by atoms with Gasteiger partial charge in [0, 0.05) is 0 Å². The summed E-state index contributed by atoms with van der Waals surface area (Å²) in [6.45, 7) is 4.12. The summed E-state index contributed by atoms with van der Waals surface area (Å²) in [6.07, 6.45) is 0. The van der Waals surface area contributed by atoms with E-state index in [1.165, 1.54) is 0 Å². The second kappa shape index (κ2) is 3.20. The second-order valence-electron chi connectivity index (χ2n) is 3.96. The Hall–Kier alpha value is -0.630. The van der Waals surface area contributed by atoms with E-state index >= 15 is 0 Å². The summed E-state index contributed by atoms with van der Waals surface area (Å²) in [5.41, 5.74) is -0.453. The molecule has 1 unspecified atom stereocenters. The molecule has 76 valence electrons. The third-order valence-electron chi connectivity index (χ3n) is 2.02. The molecule has 0 aliphatic carbocycles. The average molecular weight is 212 g/mol.